The number of rotatable bonds is 6. The molecule has 138 valence electrons. The van der Waals surface area contributed by atoms with E-state index in [1.54, 1.807) is 0 Å². The van der Waals surface area contributed by atoms with Crippen LogP contribution in [0.3, 0.4) is 0 Å². The first-order valence-electron chi connectivity index (χ1n) is 8.55. The second kappa shape index (κ2) is 11.5. The molecule has 1 fully saturated rings. The van der Waals surface area contributed by atoms with Gasteiger partial charge in [0, 0.05) is 32.7 Å². The van der Waals surface area contributed by atoms with E-state index in [9.17, 15) is 0 Å². The van der Waals surface area contributed by atoms with Gasteiger partial charge in [-0.25, -0.2) is 0 Å². The number of nitrogens with zero attached hydrogens (tertiary/aromatic N) is 2. The van der Waals surface area contributed by atoms with Gasteiger partial charge in [0.2, 0.25) is 0 Å². The van der Waals surface area contributed by atoms with Crippen LogP contribution in [0.1, 0.15) is 40.0 Å². The number of aliphatic imine (C=N–C) groups is 1. The summed E-state index contributed by atoms with van der Waals surface area (Å²) in [5.74, 6) is 1.45. The Bertz CT molecular complexity index is 342. The molecule has 1 aliphatic rings. The summed E-state index contributed by atoms with van der Waals surface area (Å²) in [7, 11) is 6.03. The Morgan fingerprint density at radius 1 is 1.26 bits per heavy atom. The van der Waals surface area contributed by atoms with Crippen molar-refractivity contribution in [2.45, 2.75) is 46.1 Å². The van der Waals surface area contributed by atoms with Gasteiger partial charge in [-0.05, 0) is 45.3 Å². The molecule has 0 saturated carbocycles. The van der Waals surface area contributed by atoms with E-state index < -0.39 is 0 Å². The molecule has 1 rings (SSSR count). The normalized spacial score (nSPS) is 22.7. The lowest BCUT2D eigenvalue weighted by Gasteiger charge is -2.40. The zero-order valence-electron chi connectivity index (χ0n) is 15.8. The largest absolute Gasteiger partial charge is 0.377 e. The third kappa shape index (κ3) is 9.10. The van der Waals surface area contributed by atoms with Crippen molar-refractivity contribution in [2.75, 3.05) is 47.4 Å². The van der Waals surface area contributed by atoms with E-state index >= 15 is 0 Å². The topological polar surface area (TPSA) is 48.9 Å². The first-order valence-corrected chi connectivity index (χ1v) is 8.55. The zero-order valence-corrected chi connectivity index (χ0v) is 18.1. The molecule has 1 aliphatic heterocycles. The number of hydrogen-bond donors (Lipinski definition) is 2. The monoisotopic (exact) mass is 440 g/mol. The molecule has 23 heavy (non-hydrogen) atoms. The van der Waals surface area contributed by atoms with E-state index in [4.69, 9.17) is 4.74 Å². The van der Waals surface area contributed by atoms with E-state index in [-0.39, 0.29) is 29.4 Å². The van der Waals surface area contributed by atoms with Crippen molar-refractivity contribution in [3.05, 3.63) is 0 Å². The van der Waals surface area contributed by atoms with Gasteiger partial charge in [-0.2, -0.15) is 0 Å². The molecule has 0 amide bonds. The van der Waals surface area contributed by atoms with Gasteiger partial charge in [0.15, 0.2) is 5.96 Å². The van der Waals surface area contributed by atoms with Gasteiger partial charge in [0.05, 0.1) is 6.10 Å². The fraction of sp³-hybridized carbons (Fsp3) is 0.941. The predicted octanol–water partition coefficient (Wildman–Crippen LogP) is 2.56. The molecule has 1 saturated heterocycles. The van der Waals surface area contributed by atoms with Crippen LogP contribution in [0.25, 0.3) is 0 Å². The van der Waals surface area contributed by atoms with Gasteiger partial charge < -0.3 is 20.3 Å². The van der Waals surface area contributed by atoms with Crippen LogP contribution in [0.2, 0.25) is 0 Å². The lowest BCUT2D eigenvalue weighted by atomic mass is 9.78. The molecule has 5 nitrogen and oxygen atoms in total. The Hall–Kier alpha value is -0.0800. The summed E-state index contributed by atoms with van der Waals surface area (Å²) in [5, 5.41) is 6.86. The van der Waals surface area contributed by atoms with Gasteiger partial charge in [-0.1, -0.05) is 20.8 Å². The van der Waals surface area contributed by atoms with Crippen molar-refractivity contribution in [1.82, 2.24) is 15.5 Å². The van der Waals surface area contributed by atoms with Crippen LogP contribution in [-0.4, -0.2) is 64.3 Å². The number of hydrogen-bond acceptors (Lipinski definition) is 3. The van der Waals surface area contributed by atoms with Crippen molar-refractivity contribution in [3.8, 4) is 0 Å². The van der Waals surface area contributed by atoms with E-state index in [0.29, 0.717) is 12.0 Å². The van der Waals surface area contributed by atoms with Crippen molar-refractivity contribution in [2.24, 2.45) is 16.3 Å². The summed E-state index contributed by atoms with van der Waals surface area (Å²) in [5.41, 5.74) is 0.190. The number of ether oxygens (including phenoxy) is 1. The summed E-state index contributed by atoms with van der Waals surface area (Å²) in [6.07, 6.45) is 3.83. The molecule has 1 heterocycles. The fourth-order valence-electron chi connectivity index (χ4n) is 3.06. The minimum atomic E-state index is 0. The highest BCUT2D eigenvalue weighted by atomic mass is 127. The first kappa shape index (κ1) is 22.9. The van der Waals surface area contributed by atoms with Crippen molar-refractivity contribution in [1.29, 1.82) is 0 Å². The number of halogens is 1. The zero-order chi connectivity index (χ0) is 16.6. The SMILES string of the molecule is CN=C(NCCCN(C)C)NCC1CCCOC1C(C)(C)C.I. The van der Waals surface area contributed by atoms with Gasteiger partial charge in [-0.15, -0.1) is 24.0 Å². The number of nitrogens with one attached hydrogen (secondary N) is 2. The van der Waals surface area contributed by atoms with E-state index in [2.05, 4.69) is 55.4 Å². The summed E-state index contributed by atoms with van der Waals surface area (Å²) in [6.45, 7) is 10.7. The Kier molecular flexibility index (Phi) is 11.4. The fourth-order valence-corrected chi connectivity index (χ4v) is 3.06. The van der Waals surface area contributed by atoms with E-state index in [1.807, 2.05) is 7.05 Å². The molecule has 0 bridgehead atoms. The minimum absolute atomic E-state index is 0. The molecule has 0 aromatic carbocycles. The Morgan fingerprint density at radius 3 is 2.52 bits per heavy atom. The summed E-state index contributed by atoms with van der Waals surface area (Å²) >= 11 is 0. The van der Waals surface area contributed by atoms with Crippen LogP contribution in [0.4, 0.5) is 0 Å². The van der Waals surface area contributed by atoms with Crippen LogP contribution in [-0.2, 0) is 4.74 Å². The highest BCUT2D eigenvalue weighted by Gasteiger charge is 2.35. The average molecular weight is 440 g/mol. The molecule has 0 aliphatic carbocycles. The molecule has 2 atom stereocenters. The molecule has 6 heteroatoms. The van der Waals surface area contributed by atoms with Crippen LogP contribution < -0.4 is 10.6 Å². The summed E-state index contributed by atoms with van der Waals surface area (Å²) in [4.78, 5) is 6.52. The molecule has 0 aromatic rings. The highest BCUT2D eigenvalue weighted by Crippen LogP contribution is 2.33. The van der Waals surface area contributed by atoms with Gasteiger partial charge in [-0.3, -0.25) is 4.99 Å². The molecule has 0 aromatic heterocycles. The van der Waals surface area contributed by atoms with Gasteiger partial charge >= 0.3 is 0 Å². The maximum absolute atomic E-state index is 6.04. The lowest BCUT2D eigenvalue weighted by molar-refractivity contribution is -0.0835. The Morgan fingerprint density at radius 2 is 1.96 bits per heavy atom. The van der Waals surface area contributed by atoms with Gasteiger partial charge in [0.25, 0.3) is 0 Å². The van der Waals surface area contributed by atoms with Crippen molar-refractivity contribution < 1.29 is 4.74 Å². The van der Waals surface area contributed by atoms with Crippen LogP contribution >= 0.6 is 24.0 Å². The third-order valence-corrected chi connectivity index (χ3v) is 4.13. The van der Waals surface area contributed by atoms with Gasteiger partial charge in [0.1, 0.15) is 0 Å². The molecule has 0 spiro atoms. The second-order valence-electron chi connectivity index (χ2n) is 7.60. The summed E-state index contributed by atoms with van der Waals surface area (Å²) in [6, 6.07) is 0. The van der Waals surface area contributed by atoms with E-state index in [0.717, 1.165) is 45.0 Å². The first-order chi connectivity index (χ1) is 10.3. The molecular formula is C17H37IN4O. The molecule has 2 unspecified atom stereocenters. The van der Waals surface area contributed by atoms with Crippen LogP contribution in [0.5, 0.6) is 0 Å². The molecule has 2 N–H and O–H groups in total. The summed E-state index contributed by atoms with van der Waals surface area (Å²) < 4.78 is 6.04. The minimum Gasteiger partial charge on any atom is -0.377 e. The Balaban J connectivity index is 0.00000484. The van der Waals surface area contributed by atoms with Crippen LogP contribution in [0, 0.1) is 11.3 Å². The van der Waals surface area contributed by atoms with Crippen molar-refractivity contribution >= 4 is 29.9 Å². The maximum Gasteiger partial charge on any atom is 0.190 e. The third-order valence-electron chi connectivity index (χ3n) is 4.13. The maximum atomic E-state index is 6.04. The number of guanidine groups is 1. The quantitative estimate of drug-likeness (QED) is 0.289. The average Bonchev–Trinajstić information content (AvgIpc) is 2.45. The van der Waals surface area contributed by atoms with Crippen LogP contribution in [0.15, 0.2) is 4.99 Å². The second-order valence-corrected chi connectivity index (χ2v) is 7.60. The van der Waals surface area contributed by atoms with E-state index in [1.165, 1.54) is 6.42 Å². The standard InChI is InChI=1S/C17H36N4O.HI/c1-17(2,3)15-14(9-7-12-22-15)13-20-16(18-4)19-10-8-11-21(5)6;/h14-15H,7-13H2,1-6H3,(H2,18,19,20);1H. The Labute approximate surface area is 160 Å². The lowest BCUT2D eigenvalue weighted by Crippen LogP contribution is -2.47. The highest BCUT2D eigenvalue weighted by molar-refractivity contribution is 14.0. The predicted molar refractivity (Wildman–Crippen MR) is 110 cm³/mol. The molecular weight excluding hydrogens is 403 g/mol. The smallest absolute Gasteiger partial charge is 0.190 e. The molecule has 0 radical (unpaired) electrons. The van der Waals surface area contributed by atoms with Crippen molar-refractivity contribution in [3.63, 3.8) is 0 Å².